The molecule has 0 aliphatic rings. The minimum absolute atomic E-state index is 0.189. The maximum Gasteiger partial charge on any atom is 0.219 e. The number of benzene rings is 1. The van der Waals surface area contributed by atoms with E-state index in [1.165, 1.54) is 10.4 Å². The first kappa shape index (κ1) is 17.5. The van der Waals surface area contributed by atoms with Crippen molar-refractivity contribution in [1.82, 2.24) is 9.29 Å². The van der Waals surface area contributed by atoms with Crippen LogP contribution in [0.15, 0.2) is 42.7 Å². The number of aromatic nitrogens is 1. The monoisotopic (exact) mass is 340 g/mol. The molecule has 124 valence electrons. The van der Waals surface area contributed by atoms with Gasteiger partial charge in [0.1, 0.15) is 11.6 Å². The van der Waals surface area contributed by atoms with Crippen molar-refractivity contribution in [2.45, 2.75) is 25.6 Å². The van der Waals surface area contributed by atoms with Crippen LogP contribution in [0.3, 0.4) is 0 Å². The molecule has 0 saturated heterocycles. The third-order valence-corrected chi connectivity index (χ3v) is 5.60. The number of hydrogen-bond donors (Lipinski definition) is 0. The van der Waals surface area contributed by atoms with E-state index in [2.05, 4.69) is 4.98 Å². The lowest BCUT2D eigenvalue weighted by Crippen LogP contribution is -2.34. The Morgan fingerprint density at radius 3 is 2.35 bits per heavy atom. The number of sulfonamides is 1. The van der Waals surface area contributed by atoms with Crippen LogP contribution >= 0.6 is 0 Å². The van der Waals surface area contributed by atoms with Crippen LogP contribution in [0.4, 0.5) is 8.78 Å². The van der Waals surface area contributed by atoms with Crippen molar-refractivity contribution in [1.29, 1.82) is 0 Å². The summed E-state index contributed by atoms with van der Waals surface area (Å²) in [6.07, 6.45) is 3.17. The fourth-order valence-corrected chi connectivity index (χ4v) is 4.24. The van der Waals surface area contributed by atoms with Gasteiger partial charge in [-0.3, -0.25) is 4.98 Å². The van der Waals surface area contributed by atoms with Crippen molar-refractivity contribution < 1.29 is 17.2 Å². The Bertz CT molecular complexity index is 747. The molecule has 1 aromatic carbocycles. The van der Waals surface area contributed by atoms with Crippen LogP contribution in [0.25, 0.3) is 0 Å². The largest absolute Gasteiger partial charge is 0.264 e. The highest BCUT2D eigenvalue weighted by atomic mass is 32.2. The Morgan fingerprint density at radius 2 is 1.83 bits per heavy atom. The average Bonchev–Trinajstić information content (AvgIpc) is 2.52. The van der Waals surface area contributed by atoms with E-state index < -0.39 is 39.0 Å². The summed E-state index contributed by atoms with van der Waals surface area (Å²) < 4.78 is 53.9. The van der Waals surface area contributed by atoms with Crippen molar-refractivity contribution in [2.75, 3.05) is 6.54 Å². The predicted octanol–water partition coefficient (Wildman–Crippen LogP) is 3.27. The van der Waals surface area contributed by atoms with Gasteiger partial charge in [0.25, 0.3) is 0 Å². The highest BCUT2D eigenvalue weighted by molar-refractivity contribution is 7.88. The average molecular weight is 340 g/mol. The SMILES string of the molecule is CCN([C@@H](C)c1cccnc1)S(=O)(=O)Cc1c(F)cccc1F. The predicted molar refractivity (Wildman–Crippen MR) is 84.0 cm³/mol. The summed E-state index contributed by atoms with van der Waals surface area (Å²) in [4.78, 5) is 3.98. The summed E-state index contributed by atoms with van der Waals surface area (Å²) in [6, 6.07) is 6.30. The molecule has 0 unspecified atom stereocenters. The molecule has 0 aliphatic heterocycles. The zero-order chi connectivity index (χ0) is 17.0. The molecule has 0 N–H and O–H groups in total. The fourth-order valence-electron chi connectivity index (χ4n) is 2.44. The van der Waals surface area contributed by atoms with Crippen LogP contribution in [0.1, 0.15) is 31.0 Å². The molecule has 0 fully saturated rings. The van der Waals surface area contributed by atoms with Crippen LogP contribution < -0.4 is 0 Å². The lowest BCUT2D eigenvalue weighted by atomic mass is 10.1. The van der Waals surface area contributed by atoms with E-state index in [0.29, 0.717) is 5.56 Å². The molecular formula is C16H18F2N2O2S. The molecule has 2 rings (SSSR count). The first-order valence-electron chi connectivity index (χ1n) is 7.19. The first-order chi connectivity index (χ1) is 10.9. The van der Waals surface area contributed by atoms with Gasteiger partial charge in [0.2, 0.25) is 10.0 Å². The molecule has 1 atom stereocenters. The standard InChI is InChI=1S/C16H18F2N2O2S/c1-3-20(12(2)13-6-5-9-19-10-13)23(21,22)11-14-15(17)7-4-8-16(14)18/h4-10,12H,3,11H2,1-2H3/t12-/m0/s1. The molecule has 0 saturated carbocycles. The highest BCUT2D eigenvalue weighted by Gasteiger charge is 2.29. The molecule has 0 spiro atoms. The Hall–Kier alpha value is -1.86. The summed E-state index contributed by atoms with van der Waals surface area (Å²) in [7, 11) is -3.89. The third kappa shape index (κ3) is 3.92. The van der Waals surface area contributed by atoms with Gasteiger partial charge in [0.15, 0.2) is 0 Å². The smallest absolute Gasteiger partial charge is 0.219 e. The molecule has 7 heteroatoms. The molecule has 0 aliphatic carbocycles. The van der Waals surface area contributed by atoms with Gasteiger partial charge < -0.3 is 0 Å². The van der Waals surface area contributed by atoms with Gasteiger partial charge >= 0.3 is 0 Å². The van der Waals surface area contributed by atoms with Crippen LogP contribution in [0.5, 0.6) is 0 Å². The van der Waals surface area contributed by atoms with Gasteiger partial charge in [-0.1, -0.05) is 19.1 Å². The Labute approximate surface area is 134 Å². The molecule has 0 amide bonds. The van der Waals surface area contributed by atoms with Crippen molar-refractivity contribution in [3.05, 3.63) is 65.5 Å². The van der Waals surface area contributed by atoms with Crippen molar-refractivity contribution in [2.24, 2.45) is 0 Å². The number of rotatable bonds is 6. The second-order valence-corrected chi connectivity index (χ2v) is 7.04. The van der Waals surface area contributed by atoms with Crippen molar-refractivity contribution in [3.63, 3.8) is 0 Å². The minimum atomic E-state index is -3.89. The normalized spacial score (nSPS) is 13.3. The minimum Gasteiger partial charge on any atom is -0.264 e. The maximum atomic E-state index is 13.7. The molecule has 0 radical (unpaired) electrons. The summed E-state index contributed by atoms with van der Waals surface area (Å²) >= 11 is 0. The second kappa shape index (κ2) is 7.14. The van der Waals surface area contributed by atoms with Crippen LogP contribution in [-0.4, -0.2) is 24.3 Å². The molecular weight excluding hydrogens is 322 g/mol. The lowest BCUT2D eigenvalue weighted by molar-refractivity contribution is 0.355. The summed E-state index contributed by atoms with van der Waals surface area (Å²) in [5.41, 5.74) is 0.274. The lowest BCUT2D eigenvalue weighted by Gasteiger charge is -2.27. The van der Waals surface area contributed by atoms with Crippen LogP contribution in [-0.2, 0) is 15.8 Å². The fraction of sp³-hybridized carbons (Fsp3) is 0.312. The second-order valence-electron chi connectivity index (χ2n) is 5.12. The van der Waals surface area contributed by atoms with Gasteiger partial charge in [0.05, 0.1) is 5.75 Å². The Balaban J connectivity index is 2.33. The number of nitrogens with zero attached hydrogens (tertiary/aromatic N) is 2. The molecule has 4 nitrogen and oxygen atoms in total. The number of hydrogen-bond acceptors (Lipinski definition) is 3. The number of halogens is 2. The summed E-state index contributed by atoms with van der Waals surface area (Å²) in [5, 5.41) is 0. The van der Waals surface area contributed by atoms with E-state index in [1.54, 1.807) is 38.4 Å². The first-order valence-corrected chi connectivity index (χ1v) is 8.80. The molecule has 1 aromatic heterocycles. The van der Waals surface area contributed by atoms with Crippen LogP contribution in [0, 0.1) is 11.6 Å². The van der Waals surface area contributed by atoms with E-state index >= 15 is 0 Å². The van der Waals surface area contributed by atoms with Crippen molar-refractivity contribution in [3.8, 4) is 0 Å². The zero-order valence-corrected chi connectivity index (χ0v) is 13.7. The molecule has 23 heavy (non-hydrogen) atoms. The van der Waals surface area contributed by atoms with Gasteiger partial charge in [-0.2, -0.15) is 4.31 Å². The highest BCUT2D eigenvalue weighted by Crippen LogP contribution is 2.25. The van der Waals surface area contributed by atoms with E-state index in [4.69, 9.17) is 0 Å². The molecule has 0 bridgehead atoms. The Morgan fingerprint density at radius 1 is 1.17 bits per heavy atom. The molecule has 1 heterocycles. The number of pyridine rings is 1. The van der Waals surface area contributed by atoms with Gasteiger partial charge in [-0.05, 0) is 30.7 Å². The maximum absolute atomic E-state index is 13.7. The van der Waals surface area contributed by atoms with Crippen molar-refractivity contribution >= 4 is 10.0 Å². The topological polar surface area (TPSA) is 50.3 Å². The third-order valence-electron chi connectivity index (χ3n) is 3.66. The summed E-state index contributed by atoms with van der Waals surface area (Å²) in [6.45, 7) is 3.59. The quantitative estimate of drug-likeness (QED) is 0.811. The Kier molecular flexibility index (Phi) is 5.43. The van der Waals surface area contributed by atoms with E-state index in [1.807, 2.05) is 0 Å². The van der Waals surface area contributed by atoms with Gasteiger partial charge in [-0.25, -0.2) is 17.2 Å². The van der Waals surface area contributed by atoms with Crippen LogP contribution in [0.2, 0.25) is 0 Å². The van der Waals surface area contributed by atoms with E-state index in [9.17, 15) is 17.2 Å². The molecule has 2 aromatic rings. The zero-order valence-electron chi connectivity index (χ0n) is 12.9. The van der Waals surface area contributed by atoms with E-state index in [0.717, 1.165) is 12.1 Å². The summed E-state index contributed by atoms with van der Waals surface area (Å²) in [5.74, 6) is -2.44. The van der Waals surface area contributed by atoms with Gasteiger partial charge in [0, 0.05) is 30.5 Å². The van der Waals surface area contributed by atoms with E-state index in [-0.39, 0.29) is 6.54 Å². The van der Waals surface area contributed by atoms with Gasteiger partial charge in [-0.15, -0.1) is 0 Å².